The van der Waals surface area contributed by atoms with Crippen LogP contribution in [-0.4, -0.2) is 32.7 Å². The lowest BCUT2D eigenvalue weighted by Crippen LogP contribution is -2.20. The molecule has 0 radical (unpaired) electrons. The van der Waals surface area contributed by atoms with Crippen molar-refractivity contribution >= 4 is 11.5 Å². The second kappa shape index (κ2) is 6.35. The summed E-state index contributed by atoms with van der Waals surface area (Å²) in [5.41, 5.74) is 0.834. The summed E-state index contributed by atoms with van der Waals surface area (Å²) < 4.78 is 7.14. The molecule has 0 saturated heterocycles. The van der Waals surface area contributed by atoms with Crippen molar-refractivity contribution in [1.29, 1.82) is 0 Å². The average Bonchev–Trinajstić information content (AvgIpc) is 2.93. The van der Waals surface area contributed by atoms with Crippen molar-refractivity contribution in [1.82, 2.24) is 19.6 Å². The lowest BCUT2D eigenvalue weighted by atomic mass is 9.93. The summed E-state index contributed by atoms with van der Waals surface area (Å²) in [4.78, 5) is 16.5. The van der Waals surface area contributed by atoms with Crippen LogP contribution in [0.2, 0.25) is 0 Å². The van der Waals surface area contributed by atoms with E-state index in [2.05, 4.69) is 41.3 Å². The van der Waals surface area contributed by atoms with E-state index in [1.165, 1.54) is 4.40 Å². The van der Waals surface area contributed by atoms with E-state index >= 15 is 0 Å². The molecule has 2 heterocycles. The maximum Gasteiger partial charge on any atom is 0.347 e. The van der Waals surface area contributed by atoms with Gasteiger partial charge in [0.15, 0.2) is 5.82 Å². The molecule has 126 valence electrons. The molecule has 3 aromatic rings. The van der Waals surface area contributed by atoms with Crippen LogP contribution in [0.3, 0.4) is 0 Å². The number of aromatic nitrogens is 4. The Labute approximate surface area is 139 Å². The molecule has 7 nitrogen and oxygen atoms in total. The topological polar surface area (TPSA) is 84.3 Å². The highest BCUT2D eigenvalue weighted by Gasteiger charge is 2.19. The predicted molar refractivity (Wildman–Crippen MR) is 92.7 cm³/mol. The van der Waals surface area contributed by atoms with Gasteiger partial charge < -0.3 is 10.1 Å². The Morgan fingerprint density at radius 3 is 2.71 bits per heavy atom. The summed E-state index contributed by atoms with van der Waals surface area (Å²) in [5, 5.41) is 9.70. The van der Waals surface area contributed by atoms with Crippen molar-refractivity contribution in [2.45, 2.75) is 26.2 Å². The molecule has 0 saturated carbocycles. The summed E-state index contributed by atoms with van der Waals surface area (Å²) in [7, 11) is 0. The van der Waals surface area contributed by atoms with E-state index in [-0.39, 0.29) is 11.1 Å². The monoisotopic (exact) mass is 327 g/mol. The molecular formula is C17H21N5O2. The fourth-order valence-electron chi connectivity index (χ4n) is 2.25. The number of ether oxygens (including phenoxy) is 1. The van der Waals surface area contributed by atoms with E-state index < -0.39 is 0 Å². The number of hydrogen-bond donors (Lipinski definition) is 2. The molecule has 0 amide bonds. The van der Waals surface area contributed by atoms with Gasteiger partial charge in [-0.05, 0) is 12.1 Å². The Hall–Kier alpha value is -2.83. The van der Waals surface area contributed by atoms with Crippen LogP contribution in [0.25, 0.3) is 5.65 Å². The van der Waals surface area contributed by atoms with Gasteiger partial charge in [0.2, 0.25) is 5.65 Å². The summed E-state index contributed by atoms with van der Waals surface area (Å²) in [6, 6.07) is 9.61. The molecule has 2 N–H and O–H groups in total. The van der Waals surface area contributed by atoms with Gasteiger partial charge in [0, 0.05) is 11.6 Å². The highest BCUT2D eigenvalue weighted by molar-refractivity contribution is 5.62. The SMILES string of the molecule is CC(C)(C)c1cn2c(=O)[nH]nc2c(NCCOc2ccccc2)n1. The zero-order valence-electron chi connectivity index (χ0n) is 14.0. The Balaban J connectivity index is 1.77. The van der Waals surface area contributed by atoms with E-state index in [0.717, 1.165) is 11.4 Å². The zero-order chi connectivity index (χ0) is 17.2. The van der Waals surface area contributed by atoms with Gasteiger partial charge in [0.25, 0.3) is 0 Å². The third kappa shape index (κ3) is 3.40. The summed E-state index contributed by atoms with van der Waals surface area (Å²) in [5.74, 6) is 1.38. The van der Waals surface area contributed by atoms with Crippen LogP contribution in [0.1, 0.15) is 26.5 Å². The number of nitrogens with zero attached hydrogens (tertiary/aromatic N) is 3. The minimum atomic E-state index is -0.276. The van der Waals surface area contributed by atoms with E-state index in [1.54, 1.807) is 6.20 Å². The number of aromatic amines is 1. The number of hydrogen-bond acceptors (Lipinski definition) is 5. The molecule has 1 aromatic carbocycles. The van der Waals surface area contributed by atoms with Crippen molar-refractivity contribution < 1.29 is 4.74 Å². The second-order valence-electron chi connectivity index (χ2n) is 6.54. The van der Waals surface area contributed by atoms with Crippen LogP contribution < -0.4 is 15.7 Å². The third-order valence-electron chi connectivity index (χ3n) is 3.57. The first kappa shape index (κ1) is 16.0. The number of fused-ring (bicyclic) bond motifs is 1. The van der Waals surface area contributed by atoms with Gasteiger partial charge in [-0.1, -0.05) is 39.0 Å². The average molecular weight is 327 g/mol. The van der Waals surface area contributed by atoms with E-state index in [1.807, 2.05) is 30.3 Å². The molecule has 0 bridgehead atoms. The molecule has 3 rings (SSSR count). The number of rotatable bonds is 5. The molecule has 0 aliphatic rings. The summed E-state index contributed by atoms with van der Waals surface area (Å²) >= 11 is 0. The van der Waals surface area contributed by atoms with E-state index in [0.29, 0.717) is 24.6 Å². The van der Waals surface area contributed by atoms with Crippen LogP contribution >= 0.6 is 0 Å². The highest BCUT2D eigenvalue weighted by atomic mass is 16.5. The van der Waals surface area contributed by atoms with Gasteiger partial charge in [0.1, 0.15) is 12.4 Å². The molecule has 0 unspecified atom stereocenters. The van der Waals surface area contributed by atoms with Gasteiger partial charge >= 0.3 is 5.69 Å². The van der Waals surface area contributed by atoms with Gasteiger partial charge in [0.05, 0.1) is 12.2 Å². The molecular weight excluding hydrogens is 306 g/mol. The largest absolute Gasteiger partial charge is 0.492 e. The van der Waals surface area contributed by atoms with Gasteiger partial charge in [-0.25, -0.2) is 19.3 Å². The fourth-order valence-corrected chi connectivity index (χ4v) is 2.25. The van der Waals surface area contributed by atoms with Crippen LogP contribution in [0.4, 0.5) is 5.82 Å². The Bertz CT molecular complexity index is 877. The normalized spacial score (nSPS) is 11.6. The molecule has 0 aliphatic heterocycles. The van der Waals surface area contributed by atoms with Crippen LogP contribution in [-0.2, 0) is 5.41 Å². The Kier molecular flexibility index (Phi) is 4.24. The Morgan fingerprint density at radius 2 is 2.00 bits per heavy atom. The lowest BCUT2D eigenvalue weighted by Gasteiger charge is -2.19. The molecule has 0 atom stereocenters. The smallest absolute Gasteiger partial charge is 0.347 e. The van der Waals surface area contributed by atoms with Crippen molar-refractivity contribution in [3.05, 3.63) is 52.7 Å². The van der Waals surface area contributed by atoms with Crippen LogP contribution in [0.5, 0.6) is 5.75 Å². The maximum absolute atomic E-state index is 11.9. The van der Waals surface area contributed by atoms with Crippen molar-refractivity contribution in [2.24, 2.45) is 0 Å². The Morgan fingerprint density at radius 1 is 1.25 bits per heavy atom. The second-order valence-corrected chi connectivity index (χ2v) is 6.54. The minimum Gasteiger partial charge on any atom is -0.492 e. The number of benzene rings is 1. The first-order chi connectivity index (χ1) is 11.4. The fraction of sp³-hybridized carbons (Fsp3) is 0.353. The number of anilines is 1. The molecule has 0 aliphatic carbocycles. The van der Waals surface area contributed by atoms with E-state index in [4.69, 9.17) is 4.74 Å². The molecule has 0 spiro atoms. The molecule has 7 heteroatoms. The van der Waals surface area contributed by atoms with Crippen molar-refractivity contribution in [2.75, 3.05) is 18.5 Å². The number of H-pyrrole nitrogens is 1. The first-order valence-corrected chi connectivity index (χ1v) is 7.85. The summed E-state index contributed by atoms with van der Waals surface area (Å²) in [6.45, 7) is 7.18. The number of para-hydroxylation sites is 1. The third-order valence-corrected chi connectivity index (χ3v) is 3.57. The van der Waals surface area contributed by atoms with Crippen molar-refractivity contribution in [3.63, 3.8) is 0 Å². The van der Waals surface area contributed by atoms with E-state index in [9.17, 15) is 4.79 Å². The maximum atomic E-state index is 11.9. The quantitative estimate of drug-likeness (QED) is 0.702. The first-order valence-electron chi connectivity index (χ1n) is 7.85. The van der Waals surface area contributed by atoms with Gasteiger partial charge in [-0.2, -0.15) is 0 Å². The van der Waals surface area contributed by atoms with Crippen LogP contribution in [0.15, 0.2) is 41.3 Å². The zero-order valence-corrected chi connectivity index (χ0v) is 14.0. The summed E-state index contributed by atoms with van der Waals surface area (Å²) in [6.07, 6.45) is 1.73. The van der Waals surface area contributed by atoms with Gasteiger partial charge in [-0.15, -0.1) is 5.10 Å². The molecule has 24 heavy (non-hydrogen) atoms. The highest BCUT2D eigenvalue weighted by Crippen LogP contribution is 2.22. The molecule has 0 fully saturated rings. The minimum absolute atomic E-state index is 0.179. The van der Waals surface area contributed by atoms with Gasteiger partial charge in [-0.3, -0.25) is 0 Å². The van der Waals surface area contributed by atoms with Crippen LogP contribution in [0, 0.1) is 0 Å². The predicted octanol–water partition coefficient (Wildman–Crippen LogP) is 2.21. The standard InChI is InChI=1S/C17H21N5O2/c1-17(2,3)13-11-22-15(20-21-16(22)23)14(19-13)18-9-10-24-12-7-5-4-6-8-12/h4-8,11H,9-10H2,1-3H3,(H,18,19)(H,21,23). The molecule has 2 aromatic heterocycles. The van der Waals surface area contributed by atoms with Crippen molar-refractivity contribution in [3.8, 4) is 5.75 Å². The number of nitrogens with one attached hydrogen (secondary N) is 2. The lowest BCUT2D eigenvalue weighted by molar-refractivity contribution is 0.333.